The Bertz CT molecular complexity index is 981. The number of rotatable bonds is 5. The second-order valence-electron chi connectivity index (χ2n) is 13.3. The zero-order valence-electron chi connectivity index (χ0n) is 23.0. The third-order valence-electron chi connectivity index (χ3n) is 12.0. The molecule has 1 saturated heterocycles. The number of methoxy groups -OCH3 is 1. The normalized spacial score (nSPS) is 52.4. The Balaban J connectivity index is 1.18. The summed E-state index contributed by atoms with van der Waals surface area (Å²) in [5.41, 5.74) is -0.521. The average molecular weight is 533 g/mol. The molecule has 2 heterocycles. The molecule has 0 bridgehead atoms. The molecule has 0 radical (unpaired) electrons. The number of esters is 1. The van der Waals surface area contributed by atoms with Crippen LogP contribution in [0.4, 0.5) is 0 Å². The van der Waals surface area contributed by atoms with Crippen molar-refractivity contribution in [3.63, 3.8) is 0 Å². The number of carbonyl (C=O) groups is 2. The van der Waals surface area contributed by atoms with Gasteiger partial charge < -0.3 is 34.0 Å². The molecule has 212 valence electrons. The summed E-state index contributed by atoms with van der Waals surface area (Å²) in [5.74, 6) is 0.384. The van der Waals surface area contributed by atoms with Crippen molar-refractivity contribution in [3.8, 4) is 0 Å². The van der Waals surface area contributed by atoms with Gasteiger partial charge in [0, 0.05) is 30.4 Å². The molecule has 4 aliphatic carbocycles. The molecular weight excluding hydrogens is 488 g/mol. The van der Waals surface area contributed by atoms with Crippen LogP contribution in [0.1, 0.15) is 78.1 Å². The number of carbonyl (C=O) groups excluding carboxylic acids is 2. The van der Waals surface area contributed by atoms with Crippen molar-refractivity contribution in [2.45, 2.75) is 114 Å². The predicted octanol–water partition coefficient (Wildman–Crippen LogP) is 3.32. The van der Waals surface area contributed by atoms with E-state index in [-0.39, 0.29) is 53.4 Å². The van der Waals surface area contributed by atoms with Crippen LogP contribution in [0.5, 0.6) is 0 Å². The number of aliphatic hydroxyl groups excluding tert-OH is 1. The summed E-state index contributed by atoms with van der Waals surface area (Å²) in [4.78, 5) is 24.8. The molecule has 0 amide bonds. The lowest BCUT2D eigenvalue weighted by atomic mass is 9.43. The lowest BCUT2D eigenvalue weighted by molar-refractivity contribution is -0.272. The van der Waals surface area contributed by atoms with Crippen LogP contribution in [0.15, 0.2) is 11.6 Å². The molecule has 0 aromatic heterocycles. The molecule has 0 unspecified atom stereocenters. The van der Waals surface area contributed by atoms with Crippen LogP contribution >= 0.6 is 0 Å². The van der Waals surface area contributed by atoms with E-state index >= 15 is 0 Å². The molecule has 0 aromatic rings. The van der Waals surface area contributed by atoms with Crippen molar-refractivity contribution in [3.05, 3.63) is 11.6 Å². The Morgan fingerprint density at radius 2 is 1.89 bits per heavy atom. The van der Waals surface area contributed by atoms with Gasteiger partial charge in [-0.15, -0.1) is 0 Å². The Kier molecular flexibility index (Phi) is 6.83. The number of cyclic esters (lactones) is 1. The molecule has 4 saturated carbocycles. The van der Waals surface area contributed by atoms with E-state index in [0.29, 0.717) is 13.0 Å². The minimum atomic E-state index is -0.830. The Morgan fingerprint density at radius 3 is 2.61 bits per heavy atom. The van der Waals surface area contributed by atoms with Crippen molar-refractivity contribution in [1.29, 1.82) is 0 Å². The summed E-state index contributed by atoms with van der Waals surface area (Å²) < 4.78 is 23.1. The van der Waals surface area contributed by atoms with Crippen LogP contribution in [-0.2, 0) is 28.5 Å². The molecule has 8 nitrogen and oxygen atoms in total. The first kappa shape index (κ1) is 26.9. The number of ether oxygens (including phenoxy) is 4. The van der Waals surface area contributed by atoms with Gasteiger partial charge in [0.25, 0.3) is 0 Å². The van der Waals surface area contributed by atoms with Gasteiger partial charge in [0.15, 0.2) is 6.29 Å². The molecular formula is C30H44O8. The van der Waals surface area contributed by atoms with E-state index in [0.717, 1.165) is 63.4 Å². The molecule has 6 aliphatic rings. The van der Waals surface area contributed by atoms with Gasteiger partial charge >= 0.3 is 5.97 Å². The summed E-state index contributed by atoms with van der Waals surface area (Å²) in [6, 6.07) is 0. The Morgan fingerprint density at radius 1 is 1.08 bits per heavy atom. The lowest BCUT2D eigenvalue weighted by Gasteiger charge is -2.63. The highest BCUT2D eigenvalue weighted by Gasteiger charge is 2.68. The first-order valence-corrected chi connectivity index (χ1v) is 14.7. The molecule has 38 heavy (non-hydrogen) atoms. The maximum Gasteiger partial charge on any atom is 0.331 e. The first-order chi connectivity index (χ1) is 18.1. The van der Waals surface area contributed by atoms with Crippen molar-refractivity contribution in [2.24, 2.45) is 34.5 Å². The Hall–Kier alpha value is -1.32. The van der Waals surface area contributed by atoms with E-state index in [1.54, 1.807) is 13.2 Å². The van der Waals surface area contributed by atoms with Gasteiger partial charge in [0.05, 0.1) is 23.9 Å². The average Bonchev–Trinajstić information content (AvgIpc) is 3.45. The van der Waals surface area contributed by atoms with Gasteiger partial charge in [0.1, 0.15) is 19.0 Å². The number of aldehydes is 1. The largest absolute Gasteiger partial charge is 0.458 e. The van der Waals surface area contributed by atoms with Crippen molar-refractivity contribution < 1.29 is 38.7 Å². The molecule has 0 spiro atoms. The van der Waals surface area contributed by atoms with E-state index in [9.17, 15) is 19.8 Å². The summed E-state index contributed by atoms with van der Waals surface area (Å²) in [6.45, 7) is 4.40. The van der Waals surface area contributed by atoms with E-state index in [4.69, 9.17) is 18.9 Å². The molecule has 5 fully saturated rings. The van der Waals surface area contributed by atoms with E-state index in [1.165, 1.54) is 6.29 Å². The standard InChI is InChI=1S/C30H44O8/c1-17-27(33)24(35-3)14-26(37-17)38-20-6-10-29(16-31)19(13-20)4-5-23-22(29)7-9-28(2)21(8-11-30(23,28)34)18-12-25(32)36-15-18/h12,16-17,19-24,26-27,33-34H,4-11,13-15H2,1-3H3/t17-,19+,20-,21+,22-,23+,24-,26-,27-,28+,29+,30-/m0/s1. The van der Waals surface area contributed by atoms with E-state index in [1.807, 2.05) is 6.92 Å². The van der Waals surface area contributed by atoms with Crippen LogP contribution in [0, 0.1) is 34.5 Å². The zero-order chi connectivity index (χ0) is 26.9. The highest BCUT2D eigenvalue weighted by Crippen LogP contribution is 2.69. The van der Waals surface area contributed by atoms with Crippen LogP contribution in [-0.4, -0.2) is 72.5 Å². The van der Waals surface area contributed by atoms with E-state index in [2.05, 4.69) is 6.92 Å². The first-order valence-electron chi connectivity index (χ1n) is 14.7. The molecule has 0 aromatic carbocycles. The van der Waals surface area contributed by atoms with Gasteiger partial charge in [-0.1, -0.05) is 6.92 Å². The summed E-state index contributed by atoms with van der Waals surface area (Å²) >= 11 is 0. The molecule has 2 aliphatic heterocycles. The van der Waals surface area contributed by atoms with E-state index < -0.39 is 23.4 Å². The van der Waals surface area contributed by atoms with Gasteiger partial charge in [-0.05, 0) is 94.0 Å². The highest BCUT2D eigenvalue weighted by atomic mass is 16.7. The maximum atomic E-state index is 13.0. The second kappa shape index (κ2) is 9.65. The predicted molar refractivity (Wildman–Crippen MR) is 137 cm³/mol. The number of aliphatic hydroxyl groups is 2. The van der Waals surface area contributed by atoms with Crippen LogP contribution in [0.25, 0.3) is 0 Å². The summed E-state index contributed by atoms with van der Waals surface area (Å²) in [7, 11) is 1.61. The maximum absolute atomic E-state index is 13.0. The fourth-order valence-electron chi connectivity index (χ4n) is 9.96. The minimum Gasteiger partial charge on any atom is -0.458 e. The number of fused-ring (bicyclic) bond motifs is 5. The zero-order valence-corrected chi connectivity index (χ0v) is 23.0. The lowest BCUT2D eigenvalue weighted by Crippen LogP contribution is -2.63. The SMILES string of the molecule is CO[C@H]1C[C@H](O[C@H]2CC[C@@]3(C=O)[C@H](CC[C@@H]4[C@@H]3CC[C@]3(C)[C@@H](C5=CC(=O)OC5)CC[C@]43O)C2)O[C@@H](C)[C@@H]1O. The third kappa shape index (κ3) is 3.88. The van der Waals surface area contributed by atoms with Gasteiger partial charge in [-0.25, -0.2) is 4.79 Å². The summed E-state index contributed by atoms with van der Waals surface area (Å²) in [5, 5.41) is 22.7. The molecule has 12 atom stereocenters. The van der Waals surface area contributed by atoms with Crippen molar-refractivity contribution in [2.75, 3.05) is 13.7 Å². The molecule has 6 rings (SSSR count). The highest BCUT2D eigenvalue weighted by molar-refractivity contribution is 5.85. The fourth-order valence-corrected chi connectivity index (χ4v) is 9.96. The number of hydrogen-bond acceptors (Lipinski definition) is 8. The minimum absolute atomic E-state index is 0.00854. The third-order valence-corrected chi connectivity index (χ3v) is 12.0. The molecule has 8 heteroatoms. The van der Waals surface area contributed by atoms with Gasteiger partial charge in [-0.2, -0.15) is 0 Å². The fraction of sp³-hybridized carbons (Fsp3) is 0.867. The van der Waals surface area contributed by atoms with Crippen molar-refractivity contribution in [1.82, 2.24) is 0 Å². The van der Waals surface area contributed by atoms with Gasteiger partial charge in [0.2, 0.25) is 0 Å². The summed E-state index contributed by atoms with van der Waals surface area (Å²) in [6.07, 6.45) is 9.21. The van der Waals surface area contributed by atoms with Gasteiger partial charge in [-0.3, -0.25) is 0 Å². The Labute approximate surface area is 225 Å². The van der Waals surface area contributed by atoms with Crippen LogP contribution < -0.4 is 0 Å². The van der Waals surface area contributed by atoms with Crippen molar-refractivity contribution >= 4 is 12.3 Å². The monoisotopic (exact) mass is 532 g/mol. The topological polar surface area (TPSA) is 112 Å². The smallest absolute Gasteiger partial charge is 0.331 e. The number of hydrogen-bond donors (Lipinski definition) is 2. The quantitative estimate of drug-likeness (QED) is 0.315. The van der Waals surface area contributed by atoms with Crippen LogP contribution in [0.2, 0.25) is 0 Å². The van der Waals surface area contributed by atoms with Crippen LogP contribution in [0.3, 0.4) is 0 Å². The second-order valence-corrected chi connectivity index (χ2v) is 13.3. The molecule has 2 N–H and O–H groups in total.